The molecular formula is C10H9BrF3NO. The molecule has 0 fully saturated rings. The molecule has 1 aromatic rings. The predicted octanol–water partition coefficient (Wildman–Crippen LogP) is 3.59. The van der Waals surface area contributed by atoms with Crippen molar-refractivity contribution in [2.75, 3.05) is 6.61 Å². The van der Waals surface area contributed by atoms with Crippen molar-refractivity contribution in [3.8, 4) is 0 Å². The van der Waals surface area contributed by atoms with Gasteiger partial charge >= 0.3 is 0 Å². The molecule has 0 amide bonds. The van der Waals surface area contributed by atoms with Gasteiger partial charge in [0.25, 0.3) is 6.43 Å². The summed E-state index contributed by atoms with van der Waals surface area (Å²) in [5.74, 6) is -0.496. The van der Waals surface area contributed by atoms with E-state index in [0.717, 1.165) is 0 Å². The molecule has 0 bridgehead atoms. The molecule has 0 aliphatic carbocycles. The lowest BCUT2D eigenvalue weighted by Crippen LogP contribution is -2.04. The van der Waals surface area contributed by atoms with Crippen LogP contribution >= 0.6 is 15.9 Å². The predicted molar refractivity (Wildman–Crippen MR) is 58.3 cm³/mol. The van der Waals surface area contributed by atoms with Crippen LogP contribution in [0.1, 0.15) is 12.5 Å². The van der Waals surface area contributed by atoms with Crippen molar-refractivity contribution in [1.82, 2.24) is 0 Å². The fraction of sp³-hybridized carbons (Fsp3) is 0.300. The van der Waals surface area contributed by atoms with Gasteiger partial charge < -0.3 is 4.84 Å². The van der Waals surface area contributed by atoms with Crippen molar-refractivity contribution in [1.29, 1.82) is 0 Å². The first-order chi connectivity index (χ1) is 7.52. The number of hydrogen-bond donors (Lipinski definition) is 0. The third-order valence-electron chi connectivity index (χ3n) is 1.74. The summed E-state index contributed by atoms with van der Waals surface area (Å²) >= 11 is 3.01. The van der Waals surface area contributed by atoms with E-state index in [1.165, 1.54) is 19.1 Å². The molecule has 0 spiro atoms. The Morgan fingerprint density at radius 2 is 2.19 bits per heavy atom. The maximum absolute atomic E-state index is 13.5. The zero-order valence-electron chi connectivity index (χ0n) is 8.38. The molecule has 0 radical (unpaired) electrons. The highest BCUT2D eigenvalue weighted by molar-refractivity contribution is 9.10. The van der Waals surface area contributed by atoms with Crippen LogP contribution in [0.15, 0.2) is 27.8 Å². The molecule has 6 heteroatoms. The molecular weight excluding hydrogens is 287 g/mol. The van der Waals surface area contributed by atoms with Crippen LogP contribution in [0.5, 0.6) is 0 Å². The van der Waals surface area contributed by atoms with Crippen LogP contribution in [0, 0.1) is 5.82 Å². The molecule has 1 rings (SSSR count). The third kappa shape index (κ3) is 3.52. The Morgan fingerprint density at radius 3 is 2.81 bits per heavy atom. The molecule has 0 N–H and O–H groups in total. The quantitative estimate of drug-likeness (QED) is 0.614. The van der Waals surface area contributed by atoms with E-state index < -0.39 is 18.8 Å². The first kappa shape index (κ1) is 13.0. The second kappa shape index (κ2) is 5.89. The minimum absolute atomic E-state index is 0.208. The van der Waals surface area contributed by atoms with Gasteiger partial charge in [-0.3, -0.25) is 0 Å². The van der Waals surface area contributed by atoms with Crippen LogP contribution in [-0.4, -0.2) is 18.7 Å². The van der Waals surface area contributed by atoms with Crippen molar-refractivity contribution in [3.05, 3.63) is 34.1 Å². The van der Waals surface area contributed by atoms with Gasteiger partial charge in [-0.1, -0.05) is 17.3 Å². The van der Waals surface area contributed by atoms with Gasteiger partial charge in [0.1, 0.15) is 5.82 Å². The van der Waals surface area contributed by atoms with Crippen LogP contribution in [-0.2, 0) is 4.84 Å². The fourth-order valence-electron chi connectivity index (χ4n) is 1.02. The van der Waals surface area contributed by atoms with Gasteiger partial charge in [-0.05, 0) is 28.9 Å². The van der Waals surface area contributed by atoms with E-state index in [0.29, 0.717) is 0 Å². The highest BCUT2D eigenvalue weighted by Crippen LogP contribution is 2.19. The molecule has 0 atom stereocenters. The summed E-state index contributed by atoms with van der Waals surface area (Å²) in [6.45, 7) is 0.684. The molecule has 0 heterocycles. The molecule has 0 aliphatic heterocycles. The van der Waals surface area contributed by atoms with Gasteiger partial charge in [-0.25, -0.2) is 13.2 Å². The molecule has 0 saturated heterocycles. The molecule has 0 aliphatic rings. The minimum atomic E-state index is -2.59. The summed E-state index contributed by atoms with van der Waals surface area (Å²) in [6.07, 6.45) is -2.59. The van der Waals surface area contributed by atoms with E-state index >= 15 is 0 Å². The van der Waals surface area contributed by atoms with E-state index in [2.05, 4.69) is 25.9 Å². The Labute approximate surface area is 99.2 Å². The Bertz CT molecular complexity index is 396. The SMILES string of the molecule is C/C(=N\OCC(F)F)c1cccc(Br)c1F. The summed E-state index contributed by atoms with van der Waals surface area (Å²) in [5.41, 5.74) is 0.420. The smallest absolute Gasteiger partial charge is 0.274 e. The number of nitrogens with zero attached hydrogens (tertiary/aromatic N) is 1. The van der Waals surface area contributed by atoms with Crippen LogP contribution < -0.4 is 0 Å². The minimum Gasteiger partial charge on any atom is -0.389 e. The molecule has 88 valence electrons. The van der Waals surface area contributed by atoms with Crippen molar-refractivity contribution in [2.24, 2.45) is 5.16 Å². The van der Waals surface area contributed by atoms with Gasteiger partial charge in [0, 0.05) is 5.56 Å². The standard InChI is InChI=1S/C10H9BrF3NO/c1-6(15-16-5-9(12)13)7-3-2-4-8(11)10(7)14/h2-4,9H,5H2,1H3/b15-6+. The number of oxime groups is 1. The second-order valence-electron chi connectivity index (χ2n) is 2.96. The summed E-state index contributed by atoms with van der Waals surface area (Å²) in [6, 6.07) is 4.64. The third-order valence-corrected chi connectivity index (χ3v) is 2.36. The van der Waals surface area contributed by atoms with Gasteiger partial charge in [0.05, 0.1) is 10.2 Å². The van der Waals surface area contributed by atoms with Crippen LogP contribution in [0.3, 0.4) is 0 Å². The summed E-state index contributed by atoms with van der Waals surface area (Å²) in [4.78, 5) is 4.36. The molecule has 0 aromatic heterocycles. The lowest BCUT2D eigenvalue weighted by molar-refractivity contribution is 0.0203. The molecule has 16 heavy (non-hydrogen) atoms. The normalized spacial score (nSPS) is 12.0. The van der Waals surface area contributed by atoms with Crippen LogP contribution in [0.4, 0.5) is 13.2 Å². The maximum Gasteiger partial charge on any atom is 0.274 e. The average Bonchev–Trinajstić information content (AvgIpc) is 2.21. The lowest BCUT2D eigenvalue weighted by atomic mass is 10.1. The summed E-state index contributed by atoms with van der Waals surface area (Å²) < 4.78 is 37.3. The Hall–Kier alpha value is -1.04. The molecule has 1 aromatic carbocycles. The van der Waals surface area contributed by atoms with E-state index in [9.17, 15) is 13.2 Å². The summed E-state index contributed by atoms with van der Waals surface area (Å²) in [7, 11) is 0. The highest BCUT2D eigenvalue weighted by Gasteiger charge is 2.09. The number of alkyl halides is 2. The number of benzene rings is 1. The zero-order valence-corrected chi connectivity index (χ0v) is 9.97. The second-order valence-corrected chi connectivity index (χ2v) is 3.82. The van der Waals surface area contributed by atoms with Crippen LogP contribution in [0.25, 0.3) is 0 Å². The highest BCUT2D eigenvalue weighted by atomic mass is 79.9. The topological polar surface area (TPSA) is 21.6 Å². The van der Waals surface area contributed by atoms with Gasteiger partial charge in [-0.2, -0.15) is 0 Å². The molecule has 0 saturated carbocycles. The van der Waals surface area contributed by atoms with Crippen molar-refractivity contribution in [2.45, 2.75) is 13.3 Å². The summed E-state index contributed by atoms with van der Waals surface area (Å²) in [5, 5.41) is 3.41. The number of rotatable bonds is 4. The largest absolute Gasteiger partial charge is 0.389 e. The van der Waals surface area contributed by atoms with E-state index in [-0.39, 0.29) is 15.7 Å². The Kier molecular flexibility index (Phi) is 4.79. The maximum atomic E-state index is 13.5. The van der Waals surface area contributed by atoms with Gasteiger partial charge in [0.15, 0.2) is 6.61 Å². The fourth-order valence-corrected chi connectivity index (χ4v) is 1.39. The Morgan fingerprint density at radius 1 is 1.50 bits per heavy atom. The van der Waals surface area contributed by atoms with Crippen molar-refractivity contribution < 1.29 is 18.0 Å². The van der Waals surface area contributed by atoms with E-state index in [1.807, 2.05) is 0 Å². The van der Waals surface area contributed by atoms with Crippen molar-refractivity contribution >= 4 is 21.6 Å². The zero-order chi connectivity index (χ0) is 12.1. The Balaban J connectivity index is 2.79. The average molecular weight is 296 g/mol. The first-order valence-electron chi connectivity index (χ1n) is 4.41. The van der Waals surface area contributed by atoms with Crippen molar-refractivity contribution in [3.63, 3.8) is 0 Å². The monoisotopic (exact) mass is 295 g/mol. The van der Waals surface area contributed by atoms with Gasteiger partial charge in [-0.15, -0.1) is 0 Å². The first-order valence-corrected chi connectivity index (χ1v) is 5.20. The number of hydrogen-bond acceptors (Lipinski definition) is 2. The molecule has 0 unspecified atom stereocenters. The lowest BCUT2D eigenvalue weighted by Gasteiger charge is -2.04. The number of halogens is 4. The van der Waals surface area contributed by atoms with E-state index in [1.54, 1.807) is 6.07 Å². The van der Waals surface area contributed by atoms with Gasteiger partial charge in [0.2, 0.25) is 0 Å². The molecule has 2 nitrogen and oxygen atoms in total. The van der Waals surface area contributed by atoms with E-state index in [4.69, 9.17) is 0 Å². The van der Waals surface area contributed by atoms with Crippen LogP contribution in [0.2, 0.25) is 0 Å².